The molecule has 0 radical (unpaired) electrons. The van der Waals surface area contributed by atoms with Gasteiger partial charge in [0.2, 0.25) is 12.7 Å². The fraction of sp³-hybridized carbons (Fsp3) is 0.462. The molecule has 1 unspecified atom stereocenters. The van der Waals surface area contributed by atoms with Crippen LogP contribution in [-0.4, -0.2) is 30.7 Å². The maximum atomic E-state index is 12.4. The first kappa shape index (κ1) is 13.6. The molecule has 1 saturated heterocycles. The van der Waals surface area contributed by atoms with E-state index in [1.54, 1.807) is 0 Å². The van der Waals surface area contributed by atoms with Crippen molar-refractivity contribution in [3.05, 3.63) is 22.2 Å². The van der Waals surface area contributed by atoms with Crippen molar-refractivity contribution in [2.24, 2.45) is 5.41 Å². The number of nitro groups is 1. The minimum atomic E-state index is -0.565. The highest BCUT2D eigenvalue weighted by Crippen LogP contribution is 2.41. The average Bonchev–Trinajstić information content (AvgIpc) is 3.06. The zero-order valence-corrected chi connectivity index (χ0v) is 11.5. The first-order chi connectivity index (χ1) is 9.99. The van der Waals surface area contributed by atoms with Crippen LogP contribution in [0.25, 0.3) is 0 Å². The Kier molecular flexibility index (Phi) is 3.17. The van der Waals surface area contributed by atoms with E-state index in [1.165, 1.54) is 12.1 Å². The lowest BCUT2D eigenvalue weighted by molar-refractivity contribution is -0.384. The Hall–Kier alpha value is -2.35. The summed E-state index contributed by atoms with van der Waals surface area (Å²) in [5.74, 6) is 0.466. The van der Waals surface area contributed by atoms with E-state index in [0.717, 1.165) is 6.54 Å². The van der Waals surface area contributed by atoms with E-state index in [9.17, 15) is 14.9 Å². The van der Waals surface area contributed by atoms with Crippen molar-refractivity contribution in [3.63, 3.8) is 0 Å². The SMILES string of the molecule is CC1(C(=O)Nc2cc3c(cc2[N+](=O)[O-])OCO3)CCNC1. The molecule has 1 amide bonds. The maximum absolute atomic E-state index is 12.4. The standard InChI is InChI=1S/C13H15N3O5/c1-13(2-3-14-6-13)12(17)15-8-4-10-11(21-7-20-10)5-9(8)16(18)19/h4-5,14H,2-3,6-7H2,1H3,(H,15,17). The van der Waals surface area contributed by atoms with Gasteiger partial charge in [-0.1, -0.05) is 0 Å². The highest BCUT2D eigenvalue weighted by molar-refractivity contribution is 5.97. The molecular weight excluding hydrogens is 278 g/mol. The van der Waals surface area contributed by atoms with Gasteiger partial charge in [-0.15, -0.1) is 0 Å². The summed E-state index contributed by atoms with van der Waals surface area (Å²) in [7, 11) is 0. The van der Waals surface area contributed by atoms with Gasteiger partial charge in [0.1, 0.15) is 5.69 Å². The Bertz CT molecular complexity index is 610. The summed E-state index contributed by atoms with van der Waals surface area (Å²) in [5, 5.41) is 16.9. The number of ether oxygens (including phenoxy) is 2. The number of nitrogens with one attached hydrogen (secondary N) is 2. The van der Waals surface area contributed by atoms with Crippen LogP contribution < -0.4 is 20.1 Å². The van der Waals surface area contributed by atoms with Gasteiger partial charge in [-0.25, -0.2) is 0 Å². The number of nitro benzene ring substituents is 1. The largest absolute Gasteiger partial charge is 0.454 e. The number of hydrogen-bond acceptors (Lipinski definition) is 6. The van der Waals surface area contributed by atoms with Gasteiger partial charge >= 0.3 is 0 Å². The molecule has 3 rings (SSSR count). The molecular formula is C13H15N3O5. The second-order valence-electron chi connectivity index (χ2n) is 5.42. The first-order valence-electron chi connectivity index (χ1n) is 6.60. The molecule has 1 atom stereocenters. The van der Waals surface area contributed by atoms with Crippen LogP contribution >= 0.6 is 0 Å². The van der Waals surface area contributed by atoms with Gasteiger partial charge in [-0.2, -0.15) is 0 Å². The molecule has 0 aliphatic carbocycles. The summed E-state index contributed by atoms with van der Waals surface area (Å²) < 4.78 is 10.3. The highest BCUT2D eigenvalue weighted by atomic mass is 16.7. The van der Waals surface area contributed by atoms with Crippen molar-refractivity contribution < 1.29 is 19.2 Å². The Morgan fingerprint density at radius 3 is 2.76 bits per heavy atom. The Morgan fingerprint density at radius 1 is 1.43 bits per heavy atom. The summed E-state index contributed by atoms with van der Waals surface area (Å²) in [6.07, 6.45) is 0.692. The summed E-state index contributed by atoms with van der Waals surface area (Å²) >= 11 is 0. The highest BCUT2D eigenvalue weighted by Gasteiger charge is 2.37. The fourth-order valence-electron chi connectivity index (χ4n) is 2.47. The monoisotopic (exact) mass is 293 g/mol. The summed E-state index contributed by atoms with van der Waals surface area (Å²) in [6.45, 7) is 3.16. The number of fused-ring (bicyclic) bond motifs is 1. The second kappa shape index (κ2) is 4.88. The smallest absolute Gasteiger partial charge is 0.296 e. The second-order valence-corrected chi connectivity index (χ2v) is 5.42. The molecule has 0 aromatic heterocycles. The molecule has 0 bridgehead atoms. The number of amides is 1. The lowest BCUT2D eigenvalue weighted by Gasteiger charge is -2.21. The molecule has 112 valence electrons. The van der Waals surface area contributed by atoms with Crippen LogP contribution in [0.2, 0.25) is 0 Å². The van der Waals surface area contributed by atoms with Gasteiger partial charge in [0.25, 0.3) is 5.69 Å². The molecule has 1 fully saturated rings. The lowest BCUT2D eigenvalue weighted by Crippen LogP contribution is -2.35. The average molecular weight is 293 g/mol. The van der Waals surface area contributed by atoms with E-state index < -0.39 is 10.3 Å². The normalized spacial score (nSPS) is 23.1. The van der Waals surface area contributed by atoms with E-state index in [-0.39, 0.29) is 24.1 Å². The molecule has 8 heteroatoms. The van der Waals surface area contributed by atoms with Crippen molar-refractivity contribution >= 4 is 17.3 Å². The van der Waals surface area contributed by atoms with Gasteiger partial charge in [-0.3, -0.25) is 14.9 Å². The van der Waals surface area contributed by atoms with E-state index in [1.807, 2.05) is 6.92 Å². The maximum Gasteiger partial charge on any atom is 0.296 e. The number of carbonyl (C=O) groups excluding carboxylic acids is 1. The molecule has 1 aromatic rings. The van der Waals surface area contributed by atoms with Crippen molar-refractivity contribution in [3.8, 4) is 11.5 Å². The molecule has 0 saturated carbocycles. The number of anilines is 1. The van der Waals surface area contributed by atoms with Crippen molar-refractivity contribution in [2.75, 3.05) is 25.2 Å². The van der Waals surface area contributed by atoms with E-state index in [0.29, 0.717) is 24.5 Å². The molecule has 21 heavy (non-hydrogen) atoms. The van der Waals surface area contributed by atoms with Crippen LogP contribution in [0.5, 0.6) is 11.5 Å². The lowest BCUT2D eigenvalue weighted by atomic mass is 9.88. The number of hydrogen-bond donors (Lipinski definition) is 2. The molecule has 8 nitrogen and oxygen atoms in total. The third-order valence-corrected chi connectivity index (χ3v) is 3.85. The number of rotatable bonds is 3. The van der Waals surface area contributed by atoms with Crippen LogP contribution in [0.3, 0.4) is 0 Å². The zero-order chi connectivity index (χ0) is 15.0. The van der Waals surface area contributed by atoms with Crippen molar-refractivity contribution in [1.29, 1.82) is 0 Å². The number of nitrogens with zero attached hydrogens (tertiary/aromatic N) is 1. The molecule has 2 heterocycles. The predicted molar refractivity (Wildman–Crippen MR) is 73.4 cm³/mol. The van der Waals surface area contributed by atoms with Crippen LogP contribution in [-0.2, 0) is 4.79 Å². The molecule has 2 aliphatic heterocycles. The Balaban J connectivity index is 1.91. The zero-order valence-electron chi connectivity index (χ0n) is 11.5. The molecule has 2 aliphatic rings. The third-order valence-electron chi connectivity index (χ3n) is 3.85. The van der Waals surface area contributed by atoms with E-state index in [4.69, 9.17) is 9.47 Å². The predicted octanol–water partition coefficient (Wildman–Crippen LogP) is 1.26. The summed E-state index contributed by atoms with van der Waals surface area (Å²) in [6, 6.07) is 2.71. The van der Waals surface area contributed by atoms with Crippen LogP contribution in [0.1, 0.15) is 13.3 Å². The molecule has 2 N–H and O–H groups in total. The van der Waals surface area contributed by atoms with E-state index in [2.05, 4.69) is 10.6 Å². The summed E-state index contributed by atoms with van der Waals surface area (Å²) in [4.78, 5) is 23.0. The fourth-order valence-corrected chi connectivity index (χ4v) is 2.47. The number of carbonyl (C=O) groups is 1. The molecule has 0 spiro atoms. The minimum absolute atomic E-state index is 0.0194. The minimum Gasteiger partial charge on any atom is -0.454 e. The van der Waals surface area contributed by atoms with Crippen LogP contribution in [0.4, 0.5) is 11.4 Å². The van der Waals surface area contributed by atoms with Gasteiger partial charge in [-0.05, 0) is 19.9 Å². The Morgan fingerprint density at radius 2 is 2.14 bits per heavy atom. The van der Waals surface area contributed by atoms with Crippen LogP contribution in [0.15, 0.2) is 12.1 Å². The van der Waals surface area contributed by atoms with Gasteiger partial charge in [0.05, 0.1) is 16.4 Å². The van der Waals surface area contributed by atoms with E-state index >= 15 is 0 Å². The summed E-state index contributed by atoms with van der Waals surface area (Å²) in [5.41, 5.74) is -0.644. The first-order valence-corrected chi connectivity index (χ1v) is 6.60. The molecule has 1 aromatic carbocycles. The van der Waals surface area contributed by atoms with Crippen molar-refractivity contribution in [1.82, 2.24) is 5.32 Å². The Labute approximate surface area is 120 Å². The van der Waals surface area contributed by atoms with Crippen LogP contribution in [0, 0.1) is 15.5 Å². The topological polar surface area (TPSA) is 103 Å². The third kappa shape index (κ3) is 2.38. The van der Waals surface area contributed by atoms with Gasteiger partial charge < -0.3 is 20.1 Å². The van der Waals surface area contributed by atoms with Gasteiger partial charge in [0, 0.05) is 12.6 Å². The number of benzene rings is 1. The van der Waals surface area contributed by atoms with Crippen molar-refractivity contribution in [2.45, 2.75) is 13.3 Å². The van der Waals surface area contributed by atoms with Gasteiger partial charge in [0.15, 0.2) is 11.5 Å². The quantitative estimate of drug-likeness (QED) is 0.642.